The Hall–Kier alpha value is -3.40. The monoisotopic (exact) mass is 414 g/mol. The van der Waals surface area contributed by atoms with Crippen molar-refractivity contribution < 1.29 is 9.59 Å². The maximum absolute atomic E-state index is 13.6. The Balaban J connectivity index is 1.90. The molecule has 0 saturated heterocycles. The molecule has 0 radical (unpaired) electrons. The van der Waals surface area contributed by atoms with Crippen LogP contribution in [0.5, 0.6) is 0 Å². The lowest BCUT2D eigenvalue weighted by Crippen LogP contribution is -2.47. The number of carbonyl (C=O) groups is 2. The van der Waals surface area contributed by atoms with Gasteiger partial charge < -0.3 is 10.2 Å². The molecule has 4 heteroatoms. The minimum Gasteiger partial charge on any atom is -0.357 e. The minimum atomic E-state index is -0.564. The van der Waals surface area contributed by atoms with E-state index in [9.17, 15) is 9.59 Å². The summed E-state index contributed by atoms with van der Waals surface area (Å²) in [6, 6.07) is 27.7. The van der Waals surface area contributed by atoms with Crippen molar-refractivity contribution in [1.82, 2.24) is 10.2 Å². The minimum absolute atomic E-state index is 0.0469. The zero-order valence-electron chi connectivity index (χ0n) is 18.4. The number of nitrogens with one attached hydrogen (secondary N) is 1. The van der Waals surface area contributed by atoms with Crippen LogP contribution in [0.15, 0.2) is 84.9 Å². The lowest BCUT2D eigenvalue weighted by atomic mass is 9.88. The molecule has 3 aromatic rings. The predicted molar refractivity (Wildman–Crippen MR) is 125 cm³/mol. The van der Waals surface area contributed by atoms with Crippen LogP contribution in [0.3, 0.4) is 0 Å². The van der Waals surface area contributed by atoms with Crippen LogP contribution in [-0.4, -0.2) is 29.8 Å². The van der Waals surface area contributed by atoms with Crippen molar-refractivity contribution in [2.45, 2.75) is 38.8 Å². The van der Waals surface area contributed by atoms with E-state index in [4.69, 9.17) is 0 Å². The zero-order valence-corrected chi connectivity index (χ0v) is 18.4. The van der Waals surface area contributed by atoms with Crippen molar-refractivity contribution in [3.63, 3.8) is 0 Å². The largest absolute Gasteiger partial charge is 0.357 e. The first kappa shape index (κ1) is 22.3. The molecule has 1 N–H and O–H groups in total. The van der Waals surface area contributed by atoms with Crippen molar-refractivity contribution in [2.24, 2.45) is 0 Å². The van der Waals surface area contributed by atoms with Gasteiger partial charge in [-0.15, -0.1) is 0 Å². The molecule has 2 amide bonds. The lowest BCUT2D eigenvalue weighted by Gasteiger charge is -2.30. The van der Waals surface area contributed by atoms with E-state index in [1.54, 1.807) is 18.9 Å². The molecule has 0 unspecified atom stereocenters. The molecule has 3 aromatic carbocycles. The van der Waals surface area contributed by atoms with Crippen molar-refractivity contribution >= 4 is 11.8 Å². The Labute approximate surface area is 184 Å². The van der Waals surface area contributed by atoms with Gasteiger partial charge in [0.15, 0.2) is 0 Å². The van der Waals surface area contributed by atoms with Gasteiger partial charge in [-0.25, -0.2) is 0 Å². The maximum atomic E-state index is 13.6. The summed E-state index contributed by atoms with van der Waals surface area (Å²) in [6.45, 7) is 4.21. The second kappa shape index (κ2) is 10.6. The fourth-order valence-corrected chi connectivity index (χ4v) is 3.77. The molecule has 0 aliphatic rings. The maximum Gasteiger partial charge on any atom is 0.242 e. The second-order valence-corrected chi connectivity index (χ2v) is 7.88. The lowest BCUT2D eigenvalue weighted by molar-refractivity contribution is -0.140. The number of carbonyl (C=O) groups excluding carboxylic acids is 2. The SMILES string of the molecule is CNC(=O)[C@@H](C)N(Cc1ccc(C)cc1)C(=O)CC(c1ccccc1)c1ccccc1. The summed E-state index contributed by atoms with van der Waals surface area (Å²) >= 11 is 0. The highest BCUT2D eigenvalue weighted by atomic mass is 16.2. The molecule has 0 aliphatic heterocycles. The van der Waals surface area contributed by atoms with Crippen LogP contribution in [0.1, 0.15) is 41.5 Å². The van der Waals surface area contributed by atoms with E-state index in [1.165, 1.54) is 0 Å². The molecule has 0 fully saturated rings. The smallest absolute Gasteiger partial charge is 0.242 e. The standard InChI is InChI=1S/C27H30N2O2/c1-20-14-16-22(17-15-20)19-29(21(2)27(31)28-3)26(30)18-25(23-10-6-4-7-11-23)24-12-8-5-9-13-24/h4-17,21,25H,18-19H2,1-3H3,(H,28,31)/t21-/m1/s1. The number of likely N-dealkylation sites (N-methyl/N-ethyl adjacent to an activating group) is 1. The first-order valence-corrected chi connectivity index (χ1v) is 10.7. The normalized spacial score (nSPS) is 11.7. The summed E-state index contributed by atoms with van der Waals surface area (Å²) in [6.07, 6.45) is 0.293. The van der Waals surface area contributed by atoms with Crippen molar-refractivity contribution in [3.05, 3.63) is 107 Å². The second-order valence-electron chi connectivity index (χ2n) is 7.88. The Kier molecular flexibility index (Phi) is 7.60. The van der Waals surface area contributed by atoms with Gasteiger partial charge in [-0.1, -0.05) is 90.5 Å². The number of hydrogen-bond acceptors (Lipinski definition) is 2. The molecule has 0 heterocycles. The summed E-state index contributed by atoms with van der Waals surface area (Å²) in [5, 5.41) is 2.68. The van der Waals surface area contributed by atoms with Gasteiger partial charge in [0.2, 0.25) is 11.8 Å². The van der Waals surface area contributed by atoms with Gasteiger partial charge in [0.05, 0.1) is 0 Å². The van der Waals surface area contributed by atoms with Gasteiger partial charge in [0.25, 0.3) is 0 Å². The third kappa shape index (κ3) is 5.82. The van der Waals surface area contributed by atoms with Gasteiger partial charge in [-0.2, -0.15) is 0 Å². The predicted octanol–water partition coefficient (Wildman–Crippen LogP) is 4.68. The highest BCUT2D eigenvalue weighted by molar-refractivity contribution is 5.87. The third-order valence-corrected chi connectivity index (χ3v) is 5.67. The zero-order chi connectivity index (χ0) is 22.2. The average molecular weight is 415 g/mol. The third-order valence-electron chi connectivity index (χ3n) is 5.67. The Morgan fingerprint density at radius 2 is 1.35 bits per heavy atom. The van der Waals surface area contributed by atoms with Gasteiger partial charge >= 0.3 is 0 Å². The summed E-state index contributed by atoms with van der Waals surface area (Å²) in [5.41, 5.74) is 4.34. The number of benzene rings is 3. The summed E-state index contributed by atoms with van der Waals surface area (Å²) in [7, 11) is 1.60. The number of rotatable bonds is 8. The van der Waals surface area contributed by atoms with E-state index in [2.05, 4.69) is 29.6 Å². The fourth-order valence-electron chi connectivity index (χ4n) is 3.77. The van der Waals surface area contributed by atoms with E-state index < -0.39 is 6.04 Å². The van der Waals surface area contributed by atoms with Crippen molar-refractivity contribution in [2.75, 3.05) is 7.05 Å². The molecule has 0 bridgehead atoms. The van der Waals surface area contributed by atoms with Crippen LogP contribution < -0.4 is 5.32 Å². The number of hydrogen-bond donors (Lipinski definition) is 1. The fraction of sp³-hybridized carbons (Fsp3) is 0.259. The molecule has 160 valence electrons. The molecular weight excluding hydrogens is 384 g/mol. The van der Waals surface area contributed by atoms with E-state index >= 15 is 0 Å². The molecule has 1 atom stereocenters. The molecule has 0 spiro atoms. The number of nitrogens with zero attached hydrogens (tertiary/aromatic N) is 1. The first-order valence-electron chi connectivity index (χ1n) is 10.7. The van der Waals surface area contributed by atoms with Gasteiger partial charge in [-0.3, -0.25) is 9.59 Å². The molecule has 0 saturated carbocycles. The highest BCUT2D eigenvalue weighted by Gasteiger charge is 2.28. The van der Waals surface area contributed by atoms with Crippen LogP contribution in [-0.2, 0) is 16.1 Å². The molecule has 4 nitrogen and oxygen atoms in total. The highest BCUT2D eigenvalue weighted by Crippen LogP contribution is 2.29. The molecule has 0 aliphatic carbocycles. The van der Waals surface area contributed by atoms with Crippen LogP contribution in [0, 0.1) is 6.92 Å². The van der Waals surface area contributed by atoms with Crippen molar-refractivity contribution in [1.29, 1.82) is 0 Å². The van der Waals surface area contributed by atoms with Crippen LogP contribution in [0.25, 0.3) is 0 Å². The van der Waals surface area contributed by atoms with Crippen LogP contribution in [0.2, 0.25) is 0 Å². The Bertz CT molecular complexity index is 945. The van der Waals surface area contributed by atoms with Gasteiger partial charge in [0, 0.05) is 25.9 Å². The quantitative estimate of drug-likeness (QED) is 0.582. The summed E-state index contributed by atoms with van der Waals surface area (Å²) in [4.78, 5) is 27.7. The van der Waals surface area contributed by atoms with E-state index in [0.717, 1.165) is 22.3 Å². The van der Waals surface area contributed by atoms with Gasteiger partial charge in [0.1, 0.15) is 6.04 Å². The van der Waals surface area contributed by atoms with E-state index in [0.29, 0.717) is 13.0 Å². The summed E-state index contributed by atoms with van der Waals surface area (Å²) < 4.78 is 0. The van der Waals surface area contributed by atoms with Gasteiger partial charge in [-0.05, 0) is 30.5 Å². The molecular formula is C27H30N2O2. The molecule has 31 heavy (non-hydrogen) atoms. The summed E-state index contributed by atoms with van der Waals surface area (Å²) in [5.74, 6) is -0.293. The Morgan fingerprint density at radius 1 is 0.839 bits per heavy atom. The number of amides is 2. The first-order chi connectivity index (χ1) is 15.0. The average Bonchev–Trinajstić information content (AvgIpc) is 2.82. The Morgan fingerprint density at radius 3 is 1.84 bits per heavy atom. The van der Waals surface area contributed by atoms with E-state index in [1.807, 2.05) is 67.6 Å². The van der Waals surface area contributed by atoms with Crippen LogP contribution in [0.4, 0.5) is 0 Å². The van der Waals surface area contributed by atoms with Crippen LogP contribution >= 0.6 is 0 Å². The topological polar surface area (TPSA) is 49.4 Å². The van der Waals surface area contributed by atoms with E-state index in [-0.39, 0.29) is 17.7 Å². The molecule has 0 aromatic heterocycles. The molecule has 3 rings (SSSR count). The number of aryl methyl sites for hydroxylation is 1. The van der Waals surface area contributed by atoms with Crippen molar-refractivity contribution in [3.8, 4) is 0 Å².